The van der Waals surface area contributed by atoms with Gasteiger partial charge in [0.15, 0.2) is 0 Å². The van der Waals surface area contributed by atoms with E-state index in [-0.39, 0.29) is 49.8 Å². The summed E-state index contributed by atoms with van der Waals surface area (Å²) in [7, 11) is 0.287. The lowest BCUT2D eigenvalue weighted by Gasteiger charge is -2.41. The molecule has 0 aromatic carbocycles. The minimum atomic E-state index is 0. The predicted octanol–water partition coefficient (Wildman–Crippen LogP) is 8.30. The van der Waals surface area contributed by atoms with E-state index < -0.39 is 0 Å². The second-order valence-electron chi connectivity index (χ2n) is 8.24. The van der Waals surface area contributed by atoms with Crippen LogP contribution in [-0.2, 0) is 0 Å². The first-order valence-electron chi connectivity index (χ1n) is 8.48. The van der Waals surface area contributed by atoms with Crippen LogP contribution < -0.4 is 0 Å². The van der Waals surface area contributed by atoms with Crippen LogP contribution in [0, 0.1) is 0 Å². The quantitative estimate of drug-likeness (QED) is 0.322. The summed E-state index contributed by atoms with van der Waals surface area (Å²) in [6, 6.07) is 0. The van der Waals surface area contributed by atoms with Crippen LogP contribution >= 0.6 is 49.8 Å². The van der Waals surface area contributed by atoms with E-state index in [2.05, 4.69) is 69.2 Å². The van der Waals surface area contributed by atoms with Crippen LogP contribution in [0.5, 0.6) is 0 Å². The summed E-state index contributed by atoms with van der Waals surface area (Å²) < 4.78 is 0. The molecular weight excluding hydrogens is 438 g/mol. The maximum absolute atomic E-state index is 2.49. The van der Waals surface area contributed by atoms with Crippen molar-refractivity contribution in [2.45, 2.75) is 104 Å². The summed E-state index contributed by atoms with van der Waals surface area (Å²) in [4.78, 5) is 0. The smallest absolute Gasteiger partial charge is 0.0177 e. The highest BCUT2D eigenvalue weighted by Crippen LogP contribution is 2.60. The van der Waals surface area contributed by atoms with Crippen molar-refractivity contribution in [2.24, 2.45) is 0 Å². The van der Waals surface area contributed by atoms with Crippen molar-refractivity contribution in [1.29, 1.82) is 0 Å². The van der Waals surface area contributed by atoms with E-state index >= 15 is 0 Å². The summed E-state index contributed by atoms with van der Waals surface area (Å²) >= 11 is 0. The van der Waals surface area contributed by atoms with E-state index in [1.807, 2.05) is 0 Å². The topological polar surface area (TPSA) is 0 Å². The summed E-state index contributed by atoms with van der Waals surface area (Å²) in [5.41, 5.74) is 1.83. The van der Waals surface area contributed by atoms with Crippen LogP contribution in [-0.4, -0.2) is 34.0 Å². The number of halogens is 2. The Morgan fingerprint density at radius 3 is 1.00 bits per heavy atom. The van der Waals surface area contributed by atoms with E-state index in [0.717, 1.165) is 11.3 Å². The first-order valence-corrected chi connectivity index (χ1v) is 11.7. The Morgan fingerprint density at radius 1 is 0.636 bits per heavy atom. The van der Waals surface area contributed by atoms with E-state index in [9.17, 15) is 0 Å². The second-order valence-corrected chi connectivity index (χ2v) is 15.5. The predicted molar refractivity (Wildman–Crippen MR) is 123 cm³/mol. The Labute approximate surface area is 165 Å². The van der Waals surface area contributed by atoms with Gasteiger partial charge in [0.05, 0.1) is 0 Å². The highest BCUT2D eigenvalue weighted by Gasteiger charge is 2.32. The Kier molecular flexibility index (Phi) is 15.9. The molecule has 0 saturated carbocycles. The third kappa shape index (κ3) is 9.96. The van der Waals surface area contributed by atoms with Gasteiger partial charge in [-0.25, -0.2) is 0 Å². The molecule has 0 N–H and O–H groups in total. The minimum absolute atomic E-state index is 0. The minimum Gasteiger partial charge on any atom is -0.114 e. The highest BCUT2D eigenvalue weighted by molar-refractivity contribution is 8.93. The zero-order valence-corrected chi connectivity index (χ0v) is 21.9. The van der Waals surface area contributed by atoms with Crippen LogP contribution in [0.4, 0.5) is 0 Å². The number of hydrogen-bond acceptors (Lipinski definition) is 0. The highest BCUT2D eigenvalue weighted by atomic mass is 79.9. The number of hydrogen-bond donors (Lipinski definition) is 0. The third-order valence-corrected chi connectivity index (χ3v) is 12.6. The molecule has 4 unspecified atom stereocenters. The van der Waals surface area contributed by atoms with Crippen molar-refractivity contribution in [3.05, 3.63) is 0 Å². The fraction of sp³-hybridized carbons (Fsp3) is 1.00. The molecule has 0 rings (SSSR count). The van der Waals surface area contributed by atoms with Gasteiger partial charge in [0.25, 0.3) is 0 Å². The lowest BCUT2D eigenvalue weighted by atomic mass is 10.2. The van der Waals surface area contributed by atoms with E-state index in [0.29, 0.717) is 10.3 Å². The van der Waals surface area contributed by atoms with Crippen molar-refractivity contribution >= 4 is 49.8 Å². The van der Waals surface area contributed by atoms with E-state index in [1.165, 1.54) is 25.2 Å². The van der Waals surface area contributed by atoms with Crippen LogP contribution in [0.2, 0.25) is 0 Å². The molecule has 0 aliphatic rings. The van der Waals surface area contributed by atoms with Gasteiger partial charge < -0.3 is 0 Å². The van der Waals surface area contributed by atoms with Gasteiger partial charge in [-0.1, -0.05) is 85.1 Å². The summed E-state index contributed by atoms with van der Waals surface area (Å²) in [5, 5.41) is 1.03. The normalized spacial score (nSPS) is 17.7. The lowest BCUT2D eigenvalue weighted by Crippen LogP contribution is -2.25. The van der Waals surface area contributed by atoms with Crippen molar-refractivity contribution in [1.82, 2.24) is 0 Å². The molecule has 0 fully saturated rings. The van der Waals surface area contributed by atoms with Gasteiger partial charge in [0.2, 0.25) is 0 Å². The molecule has 4 atom stereocenters. The molecule has 0 aliphatic carbocycles. The lowest BCUT2D eigenvalue weighted by molar-refractivity contribution is 0.742. The Hall–Kier alpha value is 1.82. The van der Waals surface area contributed by atoms with Crippen molar-refractivity contribution in [2.75, 3.05) is 12.3 Å². The van der Waals surface area contributed by atoms with E-state index in [1.54, 1.807) is 0 Å². The molecule has 0 aliphatic heterocycles. The zero-order valence-electron chi connectivity index (χ0n) is 16.7. The van der Waals surface area contributed by atoms with Crippen LogP contribution in [0.15, 0.2) is 0 Å². The Bertz CT molecular complexity index is 241. The van der Waals surface area contributed by atoms with Crippen LogP contribution in [0.25, 0.3) is 0 Å². The van der Waals surface area contributed by atoms with E-state index in [4.69, 9.17) is 0 Å². The molecule has 0 bridgehead atoms. The van der Waals surface area contributed by atoms with Crippen LogP contribution in [0.3, 0.4) is 0 Å². The summed E-state index contributed by atoms with van der Waals surface area (Å²) in [6.45, 7) is 24.5. The summed E-state index contributed by atoms with van der Waals surface area (Å²) in [5.74, 6) is 0. The third-order valence-electron chi connectivity index (χ3n) is 4.55. The second kappa shape index (κ2) is 12.2. The van der Waals surface area contributed by atoms with Crippen molar-refractivity contribution < 1.29 is 0 Å². The first kappa shape index (κ1) is 28.6. The molecule has 4 heteroatoms. The largest absolute Gasteiger partial charge is 0.114 e. The Balaban J connectivity index is -0.00000180. The average molecular weight is 480 g/mol. The van der Waals surface area contributed by atoms with Gasteiger partial charge in [-0.05, 0) is 46.8 Å². The molecule has 0 aromatic heterocycles. The molecule has 0 amide bonds. The molecule has 0 aromatic rings. The SMILES string of the molecule is Br.Br.CCC(C)P(CCP(C(C)CC)C(C)(C)C)C(C)(C)C. The standard InChI is InChI=1S/C18H40P2.2BrH/c1-11-15(3)19(17(5,6)7)13-14-20(16(4)12-2)18(8,9)10;;/h15-16H,11-14H2,1-10H3;2*1H. The van der Waals surface area contributed by atoms with Crippen molar-refractivity contribution in [3.63, 3.8) is 0 Å². The van der Waals surface area contributed by atoms with Gasteiger partial charge in [-0.2, -0.15) is 0 Å². The van der Waals surface area contributed by atoms with Gasteiger partial charge in [-0.3, -0.25) is 0 Å². The fourth-order valence-corrected chi connectivity index (χ4v) is 10.6. The van der Waals surface area contributed by atoms with Gasteiger partial charge in [0.1, 0.15) is 0 Å². The molecule has 0 spiro atoms. The average Bonchev–Trinajstić information content (AvgIpc) is 2.29. The molecule has 0 nitrogen and oxygen atoms in total. The summed E-state index contributed by atoms with van der Waals surface area (Å²) in [6.07, 6.45) is 5.67. The molecule has 22 heavy (non-hydrogen) atoms. The van der Waals surface area contributed by atoms with Crippen molar-refractivity contribution in [3.8, 4) is 0 Å². The molecule has 0 saturated heterocycles. The van der Waals surface area contributed by atoms with Gasteiger partial charge >= 0.3 is 0 Å². The van der Waals surface area contributed by atoms with Crippen LogP contribution in [0.1, 0.15) is 82.1 Å². The first-order chi connectivity index (χ1) is 8.95. The monoisotopic (exact) mass is 478 g/mol. The van der Waals surface area contributed by atoms with Gasteiger partial charge in [-0.15, -0.1) is 34.0 Å². The maximum Gasteiger partial charge on any atom is -0.0177 e. The molecule has 0 heterocycles. The fourth-order valence-electron chi connectivity index (χ4n) is 3.09. The maximum atomic E-state index is 2.49. The molecule has 0 radical (unpaired) electrons. The molecule has 138 valence electrons. The molecular formula is C18H42Br2P2. The van der Waals surface area contributed by atoms with Gasteiger partial charge in [0, 0.05) is 0 Å². The Morgan fingerprint density at radius 2 is 0.864 bits per heavy atom. The zero-order chi connectivity index (χ0) is 16.1. The number of rotatable bonds is 7.